The van der Waals surface area contributed by atoms with Gasteiger partial charge >= 0.3 is 29.6 Å². The molecule has 0 saturated heterocycles. The quantitative estimate of drug-likeness (QED) is 0.318. The number of amides is 1. The Labute approximate surface area is 108 Å². The van der Waals surface area contributed by atoms with Crippen LogP contribution in [0.15, 0.2) is 12.2 Å². The van der Waals surface area contributed by atoms with Gasteiger partial charge in [-0.25, -0.2) is 0 Å². The standard InChI is InChI=1S/C4H7NO.C3H8O3S.Na.H/c1-3(2)4(5)6;1-2-3-7(4,5)6;;/h1H2,2H3,(H2,5,6);2-3H2,1H3,(H,4,5,6);;/q;;+1;-1. The van der Waals surface area contributed by atoms with E-state index in [0.29, 0.717) is 12.0 Å². The van der Waals surface area contributed by atoms with Gasteiger partial charge in [0.2, 0.25) is 5.91 Å². The Morgan fingerprint density at radius 1 is 1.57 bits per heavy atom. The molecule has 0 bridgehead atoms. The third-order valence-electron chi connectivity index (χ3n) is 0.883. The Hall–Kier alpha value is 0.120. The Balaban J connectivity index is -0.0000000718. The fourth-order valence-corrected chi connectivity index (χ4v) is 0.774. The van der Waals surface area contributed by atoms with Crippen molar-refractivity contribution in [3.63, 3.8) is 0 Å². The molecule has 3 N–H and O–H groups in total. The Kier molecular flexibility index (Phi) is 13.6. The van der Waals surface area contributed by atoms with Crippen molar-refractivity contribution >= 4 is 16.0 Å². The van der Waals surface area contributed by atoms with Gasteiger partial charge in [0.05, 0.1) is 5.75 Å². The van der Waals surface area contributed by atoms with Gasteiger partial charge in [0, 0.05) is 5.57 Å². The average molecular weight is 233 g/mol. The molecule has 0 spiro atoms. The molecule has 0 aromatic heterocycles. The molecule has 0 aromatic rings. The minimum Gasteiger partial charge on any atom is -1.00 e. The fraction of sp³-hybridized carbons (Fsp3) is 0.571. The Morgan fingerprint density at radius 2 is 1.86 bits per heavy atom. The van der Waals surface area contributed by atoms with Crippen molar-refractivity contribution in [1.29, 1.82) is 0 Å². The molecule has 0 aromatic carbocycles. The maximum Gasteiger partial charge on any atom is 1.00 e. The first kappa shape index (κ1) is 19.7. The molecule has 0 atom stereocenters. The SMILES string of the molecule is C=C(C)C(N)=O.CCCS(=O)(=O)O.[H-].[Na+]. The third kappa shape index (κ3) is 22.7. The summed E-state index contributed by atoms with van der Waals surface area (Å²) >= 11 is 0. The Bertz CT molecular complexity index is 267. The van der Waals surface area contributed by atoms with Crippen LogP contribution in [0.2, 0.25) is 0 Å². The smallest absolute Gasteiger partial charge is 1.00 e. The molecular formula is C7H16NNaO4S. The van der Waals surface area contributed by atoms with Crippen molar-refractivity contribution in [1.82, 2.24) is 0 Å². The second kappa shape index (κ2) is 9.67. The van der Waals surface area contributed by atoms with Crippen molar-refractivity contribution in [3.05, 3.63) is 12.2 Å². The van der Waals surface area contributed by atoms with E-state index in [-0.39, 0.29) is 36.7 Å². The van der Waals surface area contributed by atoms with Crippen LogP contribution in [0.5, 0.6) is 0 Å². The summed E-state index contributed by atoms with van der Waals surface area (Å²) in [5, 5.41) is 0. The molecule has 0 radical (unpaired) electrons. The van der Waals surface area contributed by atoms with Crippen LogP contribution < -0.4 is 35.3 Å². The van der Waals surface area contributed by atoms with E-state index in [1.54, 1.807) is 13.8 Å². The van der Waals surface area contributed by atoms with Crippen LogP contribution in [0.3, 0.4) is 0 Å². The van der Waals surface area contributed by atoms with Crippen molar-refractivity contribution < 1.29 is 48.7 Å². The second-order valence-corrected chi connectivity index (χ2v) is 4.00. The van der Waals surface area contributed by atoms with Gasteiger partial charge in [-0.05, 0) is 13.3 Å². The van der Waals surface area contributed by atoms with E-state index in [2.05, 4.69) is 6.58 Å². The van der Waals surface area contributed by atoms with Crippen LogP contribution in [-0.4, -0.2) is 24.6 Å². The molecule has 14 heavy (non-hydrogen) atoms. The molecule has 0 heterocycles. The van der Waals surface area contributed by atoms with E-state index in [1.807, 2.05) is 0 Å². The molecule has 1 amide bonds. The van der Waals surface area contributed by atoms with Gasteiger partial charge in [0.15, 0.2) is 0 Å². The van der Waals surface area contributed by atoms with Crippen molar-refractivity contribution in [2.75, 3.05) is 5.75 Å². The molecule has 5 nitrogen and oxygen atoms in total. The topological polar surface area (TPSA) is 97.5 Å². The van der Waals surface area contributed by atoms with E-state index in [1.165, 1.54) is 0 Å². The predicted octanol–water partition coefficient (Wildman–Crippen LogP) is -2.55. The zero-order chi connectivity index (χ0) is 11.1. The molecule has 80 valence electrons. The molecule has 0 rings (SSSR count). The predicted molar refractivity (Wildman–Crippen MR) is 51.8 cm³/mol. The number of hydrogen-bond acceptors (Lipinski definition) is 3. The molecule has 0 fully saturated rings. The van der Waals surface area contributed by atoms with Gasteiger partial charge in [-0.15, -0.1) is 0 Å². The number of carbonyl (C=O) groups is 1. The van der Waals surface area contributed by atoms with Crippen LogP contribution in [0, 0.1) is 0 Å². The third-order valence-corrected chi connectivity index (χ3v) is 1.81. The molecule has 7 heteroatoms. The number of rotatable bonds is 3. The van der Waals surface area contributed by atoms with E-state index < -0.39 is 16.0 Å². The van der Waals surface area contributed by atoms with Gasteiger partial charge in [-0.3, -0.25) is 9.35 Å². The average Bonchev–Trinajstić information content (AvgIpc) is 1.85. The minimum absolute atomic E-state index is 0. The summed E-state index contributed by atoms with van der Waals surface area (Å²) in [4.78, 5) is 9.82. The number of nitrogens with two attached hydrogens (primary N) is 1. The zero-order valence-electron chi connectivity index (χ0n) is 9.78. The molecule has 0 aliphatic heterocycles. The Morgan fingerprint density at radius 3 is 1.86 bits per heavy atom. The first-order valence-corrected chi connectivity index (χ1v) is 5.22. The van der Waals surface area contributed by atoms with E-state index in [4.69, 9.17) is 10.3 Å². The number of carbonyl (C=O) groups excluding carboxylic acids is 1. The summed E-state index contributed by atoms with van der Waals surface area (Å²) in [6.45, 7) is 6.54. The van der Waals surface area contributed by atoms with Crippen molar-refractivity contribution in [2.24, 2.45) is 5.73 Å². The zero-order valence-corrected chi connectivity index (χ0v) is 11.6. The van der Waals surface area contributed by atoms with Crippen molar-refractivity contribution in [3.8, 4) is 0 Å². The number of hydrogen-bond donors (Lipinski definition) is 2. The molecule has 0 unspecified atom stereocenters. The second-order valence-electron chi connectivity index (χ2n) is 2.43. The van der Waals surface area contributed by atoms with Crippen LogP contribution in [0.25, 0.3) is 0 Å². The summed E-state index contributed by atoms with van der Waals surface area (Å²) < 4.78 is 27.6. The van der Waals surface area contributed by atoms with Gasteiger partial charge in [0.1, 0.15) is 0 Å². The summed E-state index contributed by atoms with van der Waals surface area (Å²) in [5.74, 6) is -0.567. The number of primary amides is 1. The molecule has 0 aliphatic rings. The van der Waals surface area contributed by atoms with Gasteiger partial charge < -0.3 is 7.16 Å². The van der Waals surface area contributed by atoms with Crippen LogP contribution in [0.1, 0.15) is 21.7 Å². The van der Waals surface area contributed by atoms with Gasteiger partial charge in [0.25, 0.3) is 10.1 Å². The van der Waals surface area contributed by atoms with Gasteiger partial charge in [-0.1, -0.05) is 13.5 Å². The first-order valence-electron chi connectivity index (χ1n) is 3.61. The maximum absolute atomic E-state index is 9.82. The van der Waals surface area contributed by atoms with Crippen LogP contribution in [-0.2, 0) is 14.9 Å². The van der Waals surface area contributed by atoms with Crippen molar-refractivity contribution in [2.45, 2.75) is 20.3 Å². The minimum atomic E-state index is -3.67. The van der Waals surface area contributed by atoms with E-state index >= 15 is 0 Å². The van der Waals surface area contributed by atoms with Crippen LogP contribution in [0.4, 0.5) is 0 Å². The summed E-state index contributed by atoms with van der Waals surface area (Å²) in [6.07, 6.45) is 0.471. The summed E-state index contributed by atoms with van der Waals surface area (Å²) in [6, 6.07) is 0. The van der Waals surface area contributed by atoms with Gasteiger partial charge in [-0.2, -0.15) is 8.42 Å². The summed E-state index contributed by atoms with van der Waals surface area (Å²) in [7, 11) is -3.67. The first-order chi connectivity index (χ1) is 5.70. The molecule has 0 saturated carbocycles. The van der Waals surface area contributed by atoms with Crippen LogP contribution >= 0.6 is 0 Å². The molecular weight excluding hydrogens is 217 g/mol. The fourth-order valence-electron chi connectivity index (χ4n) is 0.258. The molecule has 0 aliphatic carbocycles. The summed E-state index contributed by atoms with van der Waals surface area (Å²) in [5.41, 5.74) is 5.09. The largest absolute Gasteiger partial charge is 1.00 e. The normalized spacial score (nSPS) is 9.07. The van der Waals surface area contributed by atoms with E-state index in [9.17, 15) is 13.2 Å². The monoisotopic (exact) mass is 233 g/mol. The van der Waals surface area contributed by atoms with E-state index in [0.717, 1.165) is 0 Å². The maximum atomic E-state index is 9.82.